The summed E-state index contributed by atoms with van der Waals surface area (Å²) < 4.78 is 11.5. The zero-order chi connectivity index (χ0) is 25.1. The van der Waals surface area contributed by atoms with E-state index in [1.54, 1.807) is 54.7 Å². The van der Waals surface area contributed by atoms with Gasteiger partial charge >= 0.3 is 0 Å². The van der Waals surface area contributed by atoms with Gasteiger partial charge in [-0.2, -0.15) is 4.98 Å². The third-order valence-electron chi connectivity index (χ3n) is 5.03. The summed E-state index contributed by atoms with van der Waals surface area (Å²) in [6.07, 6.45) is 4.51. The maximum Gasteiger partial charge on any atom is 0.250 e. The molecule has 0 fully saturated rings. The number of benzene rings is 2. The molecule has 0 radical (unpaired) electrons. The average Bonchev–Trinajstić information content (AvgIpc) is 3.52. The van der Waals surface area contributed by atoms with E-state index >= 15 is 0 Å². The highest BCUT2D eigenvalue weighted by molar-refractivity contribution is 7.80. The molecule has 2 aromatic carbocycles. The summed E-state index contributed by atoms with van der Waals surface area (Å²) in [6.45, 7) is 0. The van der Waals surface area contributed by atoms with Gasteiger partial charge in [0.15, 0.2) is 16.3 Å². The number of anilines is 1. The Balaban J connectivity index is 1.17. The minimum atomic E-state index is -0.415. The number of aromatic nitrogens is 2. The lowest BCUT2D eigenvalue weighted by molar-refractivity contribution is -0.115. The van der Waals surface area contributed by atoms with Gasteiger partial charge in [-0.25, -0.2) is 4.98 Å². The monoisotopic (exact) mass is 534 g/mol. The number of pyridine rings is 1. The number of fused-ring (bicyclic) bond motifs is 1. The molecule has 0 aliphatic carbocycles. The zero-order valence-electron chi connectivity index (χ0n) is 18.4. The molecule has 0 saturated heterocycles. The van der Waals surface area contributed by atoms with Crippen molar-refractivity contribution < 1.29 is 13.6 Å². The summed E-state index contributed by atoms with van der Waals surface area (Å²) in [4.78, 5) is 20.8. The van der Waals surface area contributed by atoms with Crippen LogP contribution < -0.4 is 10.6 Å². The molecule has 3 aromatic heterocycles. The number of hydrogen-bond acceptors (Lipinski definition) is 6. The zero-order valence-corrected chi connectivity index (χ0v) is 20.7. The molecule has 0 aliphatic heterocycles. The first-order valence-corrected chi connectivity index (χ1v) is 11.8. The fourth-order valence-electron chi connectivity index (χ4n) is 3.34. The van der Waals surface area contributed by atoms with E-state index in [4.69, 9.17) is 44.3 Å². The molecule has 0 unspecified atom stereocenters. The lowest BCUT2D eigenvalue weighted by Gasteiger charge is -2.08. The Kier molecular flexibility index (Phi) is 6.81. The molecule has 5 aromatic rings. The van der Waals surface area contributed by atoms with E-state index in [0.29, 0.717) is 49.9 Å². The lowest BCUT2D eigenvalue weighted by atomic mass is 10.2. The van der Waals surface area contributed by atoms with Gasteiger partial charge < -0.3 is 14.2 Å². The molecule has 3 heterocycles. The molecule has 0 saturated carbocycles. The number of nitrogens with zero attached hydrogens (tertiary/aromatic N) is 2. The fraction of sp³-hybridized carbons (Fsp3) is 0. The van der Waals surface area contributed by atoms with Gasteiger partial charge in [-0.1, -0.05) is 29.3 Å². The third kappa shape index (κ3) is 5.31. The van der Waals surface area contributed by atoms with Crippen LogP contribution in [0.5, 0.6) is 0 Å². The van der Waals surface area contributed by atoms with E-state index in [1.807, 2.05) is 18.2 Å². The van der Waals surface area contributed by atoms with Crippen molar-refractivity contribution in [2.24, 2.45) is 0 Å². The van der Waals surface area contributed by atoms with Crippen LogP contribution in [0.2, 0.25) is 10.0 Å². The quantitative estimate of drug-likeness (QED) is 0.185. The minimum Gasteiger partial charge on any atom is -0.457 e. The molecule has 0 bridgehead atoms. The molecule has 0 atom stereocenters. The number of carbonyl (C=O) groups excluding carboxylic acids is 1. The topological polar surface area (TPSA) is 93.2 Å². The molecular formula is C26H16Cl2N4O3S. The Hall–Kier alpha value is -3.98. The third-order valence-corrected chi connectivity index (χ3v) is 6.06. The molecule has 7 nitrogen and oxygen atoms in total. The number of carbonyl (C=O) groups is 1. The average molecular weight is 535 g/mol. The molecular weight excluding hydrogens is 519 g/mol. The van der Waals surface area contributed by atoms with Crippen LogP contribution in [-0.4, -0.2) is 21.0 Å². The summed E-state index contributed by atoms with van der Waals surface area (Å²) >= 11 is 17.5. The van der Waals surface area contributed by atoms with E-state index in [-0.39, 0.29) is 5.11 Å². The molecule has 36 heavy (non-hydrogen) atoms. The highest BCUT2D eigenvalue weighted by Crippen LogP contribution is 2.34. The van der Waals surface area contributed by atoms with Gasteiger partial charge in [-0.05, 0) is 79.0 Å². The van der Waals surface area contributed by atoms with Gasteiger partial charge in [-0.15, -0.1) is 0 Å². The van der Waals surface area contributed by atoms with Crippen LogP contribution in [0.1, 0.15) is 5.76 Å². The lowest BCUT2D eigenvalue weighted by Crippen LogP contribution is -2.32. The molecule has 5 rings (SSSR count). The summed E-state index contributed by atoms with van der Waals surface area (Å²) in [5.41, 5.74) is 3.30. The molecule has 0 spiro atoms. The number of oxazole rings is 1. The number of hydrogen-bond donors (Lipinski definition) is 2. The first kappa shape index (κ1) is 23.7. The molecule has 1 amide bonds. The predicted molar refractivity (Wildman–Crippen MR) is 145 cm³/mol. The molecule has 10 heteroatoms. The number of halogens is 2. The first-order chi connectivity index (χ1) is 17.5. The van der Waals surface area contributed by atoms with E-state index < -0.39 is 5.91 Å². The molecule has 2 N–H and O–H groups in total. The van der Waals surface area contributed by atoms with Crippen molar-refractivity contribution in [3.63, 3.8) is 0 Å². The Morgan fingerprint density at radius 3 is 2.61 bits per heavy atom. The van der Waals surface area contributed by atoms with Crippen LogP contribution in [-0.2, 0) is 4.79 Å². The van der Waals surface area contributed by atoms with Crippen molar-refractivity contribution >= 4 is 69.4 Å². The largest absolute Gasteiger partial charge is 0.457 e. The van der Waals surface area contributed by atoms with Gasteiger partial charge in [0, 0.05) is 29.1 Å². The Morgan fingerprint density at radius 1 is 0.972 bits per heavy atom. The van der Waals surface area contributed by atoms with Gasteiger partial charge in [0.1, 0.15) is 11.5 Å². The Labute approximate surface area is 220 Å². The minimum absolute atomic E-state index is 0.148. The van der Waals surface area contributed by atoms with Crippen LogP contribution in [0.25, 0.3) is 40.1 Å². The maximum absolute atomic E-state index is 12.3. The second-order valence-corrected chi connectivity index (χ2v) is 8.70. The van der Waals surface area contributed by atoms with E-state index in [2.05, 4.69) is 20.6 Å². The highest BCUT2D eigenvalue weighted by Gasteiger charge is 2.11. The van der Waals surface area contributed by atoms with E-state index in [9.17, 15) is 4.79 Å². The van der Waals surface area contributed by atoms with E-state index in [1.165, 1.54) is 12.2 Å². The number of nitrogens with one attached hydrogen (secondary N) is 2. The normalized spacial score (nSPS) is 11.2. The standard InChI is InChI=1S/C26H16Cl2N4O3S/c27-19-4-1-3-18(23(19)28)20-12-10-17(34-20)11-13-22(33)31-26(36)30-16-8-6-15(7-9-16)25-32-24-21(35-25)5-2-14-29-24/h1-14H,(H2,30,31,33,36). The first-order valence-electron chi connectivity index (χ1n) is 10.6. The second kappa shape index (κ2) is 10.3. The number of rotatable bonds is 5. The SMILES string of the molecule is O=C(C=Cc1ccc(-c2cccc(Cl)c2Cl)o1)NC(=S)Nc1ccc(-c2nc3ncccc3o2)cc1. The van der Waals surface area contributed by atoms with Crippen molar-refractivity contribution in [2.45, 2.75) is 0 Å². The fourth-order valence-corrected chi connectivity index (χ4v) is 3.96. The van der Waals surface area contributed by atoms with Gasteiger partial charge in [0.05, 0.1) is 10.0 Å². The Bertz CT molecular complexity index is 1580. The van der Waals surface area contributed by atoms with Crippen LogP contribution >= 0.6 is 35.4 Å². The summed E-state index contributed by atoms with van der Waals surface area (Å²) in [5.74, 6) is 1.06. The van der Waals surface area contributed by atoms with Crippen molar-refractivity contribution in [3.05, 3.63) is 94.8 Å². The summed E-state index contributed by atoms with van der Waals surface area (Å²) in [5, 5.41) is 6.54. The van der Waals surface area contributed by atoms with Gasteiger partial charge in [-0.3, -0.25) is 10.1 Å². The van der Waals surface area contributed by atoms with Crippen molar-refractivity contribution in [2.75, 3.05) is 5.32 Å². The van der Waals surface area contributed by atoms with Crippen molar-refractivity contribution in [1.29, 1.82) is 0 Å². The smallest absolute Gasteiger partial charge is 0.250 e. The predicted octanol–water partition coefficient (Wildman–Crippen LogP) is 6.98. The maximum atomic E-state index is 12.3. The van der Waals surface area contributed by atoms with Crippen LogP contribution in [0.15, 0.2) is 87.8 Å². The summed E-state index contributed by atoms with van der Waals surface area (Å²) in [6, 6.07) is 19.6. The Morgan fingerprint density at radius 2 is 1.81 bits per heavy atom. The number of thiocarbonyl (C=S) groups is 1. The van der Waals surface area contributed by atoms with Crippen molar-refractivity contribution in [3.8, 4) is 22.8 Å². The van der Waals surface area contributed by atoms with Crippen molar-refractivity contribution in [1.82, 2.24) is 15.3 Å². The van der Waals surface area contributed by atoms with Crippen LogP contribution in [0.3, 0.4) is 0 Å². The van der Waals surface area contributed by atoms with Crippen LogP contribution in [0, 0.1) is 0 Å². The van der Waals surface area contributed by atoms with Gasteiger partial charge in [0.2, 0.25) is 11.8 Å². The van der Waals surface area contributed by atoms with Crippen LogP contribution in [0.4, 0.5) is 5.69 Å². The number of furan rings is 1. The summed E-state index contributed by atoms with van der Waals surface area (Å²) in [7, 11) is 0. The molecule has 0 aliphatic rings. The molecule has 178 valence electrons. The van der Waals surface area contributed by atoms with E-state index in [0.717, 1.165) is 5.56 Å². The number of amides is 1. The highest BCUT2D eigenvalue weighted by atomic mass is 35.5. The second-order valence-electron chi connectivity index (χ2n) is 7.50. The van der Waals surface area contributed by atoms with Gasteiger partial charge in [0.25, 0.3) is 0 Å².